The van der Waals surface area contributed by atoms with Crippen LogP contribution in [0.4, 0.5) is 0 Å². The van der Waals surface area contributed by atoms with E-state index in [0.717, 1.165) is 83.5 Å². The smallest absolute Gasteiger partial charge is 0.326 e. The summed E-state index contributed by atoms with van der Waals surface area (Å²) < 4.78 is 0. The van der Waals surface area contributed by atoms with Crippen LogP contribution in [-0.4, -0.2) is 45.2 Å². The summed E-state index contributed by atoms with van der Waals surface area (Å²) in [6.07, 6.45) is 13.6. The maximum atomic E-state index is 11.8. The highest BCUT2D eigenvalue weighted by Gasteiger charge is 2.20. The maximum Gasteiger partial charge on any atom is 0.326 e. The number of carbonyl (C=O) groups is 4. The van der Waals surface area contributed by atoms with Gasteiger partial charge in [-0.1, -0.05) is 63.2 Å². The molecule has 8 heteroatoms. The van der Waals surface area contributed by atoms with Gasteiger partial charge < -0.3 is 20.6 Å². The zero-order chi connectivity index (χ0) is 26.2. The van der Waals surface area contributed by atoms with Crippen molar-refractivity contribution >= 4 is 23.8 Å². The maximum absolute atomic E-state index is 11.8. The molecule has 4 N–H and O–H groups in total. The lowest BCUT2D eigenvalue weighted by atomic mass is 10.1. The molecule has 0 fully saturated rings. The summed E-state index contributed by atoms with van der Waals surface area (Å²) in [5, 5.41) is 28.6. The molecule has 0 aromatic carbocycles. The first-order chi connectivity index (χ1) is 16.8. The largest absolute Gasteiger partial charge is 0.481 e. The van der Waals surface area contributed by atoms with Crippen molar-refractivity contribution in [2.45, 2.75) is 122 Å². The summed E-state index contributed by atoms with van der Waals surface area (Å²) in [6, 6.07) is -1.16. The second-order valence-electron chi connectivity index (χ2n) is 8.63. The Morgan fingerprint density at radius 2 is 1.00 bits per heavy atom. The monoisotopic (exact) mass is 491 g/mol. The van der Waals surface area contributed by atoms with Crippen molar-refractivity contribution in [3.05, 3.63) is 0 Å². The number of carbonyl (C=O) groups excluding carboxylic acids is 1. The first-order valence-corrected chi connectivity index (χ1v) is 12.7. The van der Waals surface area contributed by atoms with E-state index in [1.54, 1.807) is 0 Å². The minimum absolute atomic E-state index is 0.121. The summed E-state index contributed by atoms with van der Waals surface area (Å²) in [7, 11) is 0. The van der Waals surface area contributed by atoms with Gasteiger partial charge in [-0.3, -0.25) is 14.4 Å². The van der Waals surface area contributed by atoms with Crippen molar-refractivity contribution in [2.75, 3.05) is 0 Å². The summed E-state index contributed by atoms with van der Waals surface area (Å²) in [4.78, 5) is 43.9. The fourth-order valence-electron chi connectivity index (χ4n) is 3.41. The predicted molar refractivity (Wildman–Crippen MR) is 133 cm³/mol. The Hall–Kier alpha value is -3.00. The second-order valence-corrected chi connectivity index (χ2v) is 8.63. The third-order valence-electron chi connectivity index (χ3n) is 5.42. The molecule has 0 aliphatic carbocycles. The van der Waals surface area contributed by atoms with Crippen LogP contribution >= 0.6 is 0 Å². The Morgan fingerprint density at radius 1 is 0.571 bits per heavy atom. The SMILES string of the molecule is O=C(O)CCCCCCCCC#CC#CCCCCCCCCC(=O)N[C@H](CCC(=O)O)C(=O)O. The van der Waals surface area contributed by atoms with Gasteiger partial charge >= 0.3 is 17.9 Å². The van der Waals surface area contributed by atoms with Gasteiger partial charge in [-0.05, 0) is 43.9 Å². The number of hydrogen-bond donors (Lipinski definition) is 4. The normalized spacial score (nSPS) is 10.9. The Kier molecular flexibility index (Phi) is 20.8. The first-order valence-electron chi connectivity index (χ1n) is 12.7. The van der Waals surface area contributed by atoms with Crippen LogP contribution in [0.2, 0.25) is 0 Å². The van der Waals surface area contributed by atoms with E-state index >= 15 is 0 Å². The molecule has 0 saturated heterocycles. The highest BCUT2D eigenvalue weighted by molar-refractivity contribution is 5.83. The molecule has 0 radical (unpaired) electrons. The molecular weight excluding hydrogens is 450 g/mol. The number of carboxylic acid groups (broad SMARTS) is 3. The van der Waals surface area contributed by atoms with Gasteiger partial charge in [-0.2, -0.15) is 0 Å². The minimum Gasteiger partial charge on any atom is -0.481 e. The Labute approximate surface area is 209 Å². The van der Waals surface area contributed by atoms with Gasteiger partial charge in [0.25, 0.3) is 0 Å². The van der Waals surface area contributed by atoms with Crippen LogP contribution in [0.5, 0.6) is 0 Å². The summed E-state index contributed by atoms with van der Waals surface area (Å²) in [5.74, 6) is 8.55. The van der Waals surface area contributed by atoms with Crippen LogP contribution in [0.1, 0.15) is 116 Å². The fraction of sp³-hybridized carbons (Fsp3) is 0.704. The summed E-state index contributed by atoms with van der Waals surface area (Å²) >= 11 is 0. The van der Waals surface area contributed by atoms with E-state index in [1.807, 2.05) is 0 Å². The van der Waals surface area contributed by atoms with E-state index in [2.05, 4.69) is 29.0 Å². The van der Waals surface area contributed by atoms with E-state index in [1.165, 1.54) is 0 Å². The van der Waals surface area contributed by atoms with E-state index in [-0.39, 0.29) is 31.6 Å². The van der Waals surface area contributed by atoms with Gasteiger partial charge in [0.2, 0.25) is 5.91 Å². The molecule has 1 atom stereocenters. The number of amides is 1. The molecule has 0 spiro atoms. The van der Waals surface area contributed by atoms with Crippen molar-refractivity contribution < 1.29 is 34.5 Å². The lowest BCUT2D eigenvalue weighted by molar-refractivity contribution is -0.143. The van der Waals surface area contributed by atoms with E-state index < -0.39 is 23.9 Å². The van der Waals surface area contributed by atoms with Gasteiger partial charge in [0.1, 0.15) is 6.04 Å². The topological polar surface area (TPSA) is 141 Å². The van der Waals surface area contributed by atoms with Gasteiger partial charge in [0, 0.05) is 32.1 Å². The number of hydrogen-bond acceptors (Lipinski definition) is 4. The van der Waals surface area contributed by atoms with Gasteiger partial charge in [0.15, 0.2) is 0 Å². The lowest BCUT2D eigenvalue weighted by Crippen LogP contribution is -2.41. The molecule has 0 aromatic rings. The highest BCUT2D eigenvalue weighted by Crippen LogP contribution is 2.09. The van der Waals surface area contributed by atoms with Crippen molar-refractivity contribution in [3.8, 4) is 23.7 Å². The van der Waals surface area contributed by atoms with E-state index in [9.17, 15) is 19.2 Å². The molecule has 0 aliphatic rings. The molecule has 0 saturated carbocycles. The Morgan fingerprint density at radius 3 is 1.46 bits per heavy atom. The van der Waals surface area contributed by atoms with Crippen molar-refractivity contribution in [3.63, 3.8) is 0 Å². The summed E-state index contributed by atoms with van der Waals surface area (Å²) in [6.45, 7) is 0. The average molecular weight is 492 g/mol. The van der Waals surface area contributed by atoms with Crippen molar-refractivity contribution in [2.24, 2.45) is 0 Å². The van der Waals surface area contributed by atoms with Gasteiger partial charge in [-0.25, -0.2) is 4.79 Å². The van der Waals surface area contributed by atoms with Crippen LogP contribution in [0.3, 0.4) is 0 Å². The van der Waals surface area contributed by atoms with Crippen molar-refractivity contribution in [1.82, 2.24) is 5.32 Å². The zero-order valence-electron chi connectivity index (χ0n) is 20.8. The predicted octanol–water partition coefficient (Wildman–Crippen LogP) is 4.75. The third-order valence-corrected chi connectivity index (χ3v) is 5.42. The molecule has 0 aromatic heterocycles. The summed E-state index contributed by atoms with van der Waals surface area (Å²) in [5.41, 5.74) is 0. The number of aliphatic carboxylic acids is 3. The quantitative estimate of drug-likeness (QED) is 0.134. The molecule has 8 nitrogen and oxygen atoms in total. The van der Waals surface area contributed by atoms with E-state index in [4.69, 9.17) is 15.3 Å². The number of carboxylic acids is 3. The van der Waals surface area contributed by atoms with Gasteiger partial charge in [0.05, 0.1) is 0 Å². The Bertz CT molecular complexity index is 755. The van der Waals surface area contributed by atoms with Crippen molar-refractivity contribution in [1.29, 1.82) is 0 Å². The molecule has 0 unspecified atom stereocenters. The standard InChI is InChI=1S/C27H41NO7/c29-24(28-23(27(34)35)21-22-26(32)33)19-17-15-13-11-9-7-5-3-1-2-4-6-8-10-12-14-16-18-20-25(30)31/h23H,5-22H2,(H,28,29)(H,30,31)(H,32,33)(H,34,35)/t23-/m1/s1. The van der Waals surface area contributed by atoms with Crippen LogP contribution in [0.25, 0.3) is 0 Å². The first kappa shape index (κ1) is 32.0. The molecule has 0 aliphatic heterocycles. The highest BCUT2D eigenvalue weighted by atomic mass is 16.4. The van der Waals surface area contributed by atoms with Crippen LogP contribution in [0.15, 0.2) is 0 Å². The molecule has 35 heavy (non-hydrogen) atoms. The van der Waals surface area contributed by atoms with Crippen LogP contribution < -0.4 is 5.32 Å². The minimum atomic E-state index is -1.22. The van der Waals surface area contributed by atoms with Crippen LogP contribution in [0, 0.1) is 23.7 Å². The fourth-order valence-corrected chi connectivity index (χ4v) is 3.41. The number of unbranched alkanes of at least 4 members (excludes halogenated alkanes) is 12. The third kappa shape index (κ3) is 23.9. The van der Waals surface area contributed by atoms with Gasteiger partial charge in [-0.15, -0.1) is 0 Å². The number of nitrogens with one attached hydrogen (secondary N) is 1. The lowest BCUT2D eigenvalue weighted by Gasteiger charge is -2.13. The van der Waals surface area contributed by atoms with Crippen LogP contribution in [-0.2, 0) is 19.2 Å². The number of rotatable bonds is 21. The second kappa shape index (κ2) is 22.8. The molecule has 0 bridgehead atoms. The molecular formula is C27H41NO7. The Balaban J connectivity index is 3.57. The zero-order valence-corrected chi connectivity index (χ0v) is 20.8. The molecule has 0 rings (SSSR count). The molecule has 1 amide bonds. The average Bonchev–Trinajstić information content (AvgIpc) is 2.79. The molecule has 196 valence electrons. The van der Waals surface area contributed by atoms with E-state index in [0.29, 0.717) is 6.42 Å². The molecule has 0 heterocycles.